The van der Waals surface area contributed by atoms with Gasteiger partial charge in [0.25, 0.3) is 0 Å². The van der Waals surface area contributed by atoms with E-state index in [1.165, 1.54) is 0 Å². The Morgan fingerprint density at radius 2 is 1.46 bits per heavy atom. The first-order chi connectivity index (χ1) is 23.0. The van der Waals surface area contributed by atoms with Crippen LogP contribution in [0.1, 0.15) is 62.5 Å². The quantitative estimate of drug-likeness (QED) is 0.0833. The monoisotopic (exact) mass is 658 g/mol. The number of esters is 1. The molecule has 258 valence electrons. The Bertz CT molecular complexity index is 1450. The lowest BCUT2D eigenvalue weighted by Gasteiger charge is -2.47. The number of hydrogen-bond acceptors (Lipinski definition) is 8. The minimum absolute atomic E-state index is 0.0856. The van der Waals surface area contributed by atoms with Crippen molar-refractivity contribution in [2.24, 2.45) is 17.8 Å². The van der Waals surface area contributed by atoms with Crippen molar-refractivity contribution in [2.75, 3.05) is 20.3 Å². The van der Waals surface area contributed by atoms with Gasteiger partial charge in [-0.2, -0.15) is 0 Å². The van der Waals surface area contributed by atoms with Crippen molar-refractivity contribution in [3.8, 4) is 5.75 Å². The molecule has 1 aliphatic heterocycles. The Labute approximate surface area is 285 Å². The zero-order valence-corrected chi connectivity index (χ0v) is 29.1. The molecule has 0 aromatic heterocycles. The van der Waals surface area contributed by atoms with Crippen molar-refractivity contribution < 1.29 is 38.0 Å². The lowest BCUT2D eigenvalue weighted by Crippen LogP contribution is -2.53. The Balaban J connectivity index is 1.45. The maximum Gasteiger partial charge on any atom is 0.338 e. The minimum atomic E-state index is -0.944. The third kappa shape index (κ3) is 10.3. The van der Waals surface area contributed by atoms with Gasteiger partial charge in [-0.05, 0) is 61.2 Å². The number of ketones is 1. The molecule has 6 atom stereocenters. The molecule has 0 N–H and O–H groups in total. The molecule has 1 aliphatic rings. The first-order valence-corrected chi connectivity index (χ1v) is 16.7. The molecule has 3 aromatic rings. The highest BCUT2D eigenvalue weighted by Gasteiger charge is 2.45. The molecule has 0 unspecified atom stereocenters. The molecule has 0 spiro atoms. The van der Waals surface area contributed by atoms with Gasteiger partial charge in [-0.1, -0.05) is 88.0 Å². The summed E-state index contributed by atoms with van der Waals surface area (Å²) in [5.41, 5.74) is 2.99. The van der Waals surface area contributed by atoms with Gasteiger partial charge in [0, 0.05) is 18.4 Å². The molecule has 0 saturated carbocycles. The summed E-state index contributed by atoms with van der Waals surface area (Å²) in [5, 5.41) is 0. The molecule has 3 aromatic carbocycles. The average molecular weight is 659 g/mol. The second kappa shape index (κ2) is 17.5. The van der Waals surface area contributed by atoms with Crippen molar-refractivity contribution in [3.63, 3.8) is 0 Å². The number of hydrogen-bond donors (Lipinski definition) is 0. The summed E-state index contributed by atoms with van der Waals surface area (Å²) in [6.07, 6.45) is -1.09. The van der Waals surface area contributed by atoms with Crippen LogP contribution in [0.5, 0.6) is 5.75 Å². The Morgan fingerprint density at radius 3 is 2.10 bits per heavy atom. The number of carbonyl (C=O) groups is 2. The van der Waals surface area contributed by atoms with E-state index in [0.29, 0.717) is 37.4 Å². The molecule has 0 aliphatic carbocycles. The lowest BCUT2D eigenvalue weighted by atomic mass is 9.81. The van der Waals surface area contributed by atoms with Crippen LogP contribution < -0.4 is 4.74 Å². The predicted octanol–water partition coefficient (Wildman–Crippen LogP) is 7.60. The second-order valence-corrected chi connectivity index (χ2v) is 13.0. The van der Waals surface area contributed by atoms with Gasteiger partial charge >= 0.3 is 5.97 Å². The van der Waals surface area contributed by atoms with Crippen molar-refractivity contribution in [2.45, 2.75) is 78.4 Å². The molecule has 1 heterocycles. The molecule has 1 fully saturated rings. The highest BCUT2D eigenvalue weighted by atomic mass is 16.7. The van der Waals surface area contributed by atoms with Crippen LogP contribution in [-0.4, -0.2) is 56.2 Å². The predicted molar refractivity (Wildman–Crippen MR) is 184 cm³/mol. The Kier molecular flexibility index (Phi) is 13.5. The summed E-state index contributed by atoms with van der Waals surface area (Å²) in [6.45, 7) is 15.3. The van der Waals surface area contributed by atoms with E-state index in [2.05, 4.69) is 6.58 Å². The van der Waals surface area contributed by atoms with Crippen LogP contribution in [0.4, 0.5) is 0 Å². The van der Waals surface area contributed by atoms with Gasteiger partial charge in [-0.25, -0.2) is 4.79 Å². The molecule has 0 radical (unpaired) electrons. The third-order valence-corrected chi connectivity index (χ3v) is 8.73. The van der Waals surface area contributed by atoms with Crippen LogP contribution in [0.2, 0.25) is 0 Å². The van der Waals surface area contributed by atoms with E-state index in [-0.39, 0.29) is 24.4 Å². The van der Waals surface area contributed by atoms with Gasteiger partial charge in [0.2, 0.25) is 0 Å². The number of rotatable bonds is 17. The third-order valence-electron chi connectivity index (χ3n) is 8.73. The number of ether oxygens (including phenoxy) is 6. The Morgan fingerprint density at radius 1 is 0.854 bits per heavy atom. The maximum atomic E-state index is 13.8. The van der Waals surface area contributed by atoms with Crippen LogP contribution in [0, 0.1) is 17.8 Å². The topological polar surface area (TPSA) is 89.5 Å². The standard InChI is InChI=1S/C40H50O8/c1-27(24-45-26-31-14-10-8-11-15-31)36(41)29(3)37(46-39(42)33-16-12-9-13-17-33)30(4)38-28(2)35(47-40(5,6)48-38)22-23-44-25-32-18-20-34(43-7)21-19-32/h8-21,27-29,35,37-38H,4,22-26H2,1-3,5-7H3/t27-,28+,29-,35-,37+,38+/m0/s1. The highest BCUT2D eigenvalue weighted by molar-refractivity contribution is 5.90. The number of carbonyl (C=O) groups excluding carboxylic acids is 2. The fraction of sp³-hybridized carbons (Fsp3) is 0.450. The van der Waals surface area contributed by atoms with Gasteiger partial charge in [0.05, 0.1) is 50.6 Å². The van der Waals surface area contributed by atoms with Crippen LogP contribution in [0.25, 0.3) is 0 Å². The van der Waals surface area contributed by atoms with E-state index in [0.717, 1.165) is 16.9 Å². The lowest BCUT2D eigenvalue weighted by molar-refractivity contribution is -0.314. The SMILES string of the molecule is C=C([C@@H]1OC(C)(C)O[C@@H](CCOCc2ccc(OC)cc2)[C@H]1C)[C@H](OC(=O)c1ccccc1)[C@@H](C)C(=O)[C@@H](C)COCc1ccccc1. The highest BCUT2D eigenvalue weighted by Crippen LogP contribution is 2.38. The van der Waals surface area contributed by atoms with Crippen molar-refractivity contribution in [3.05, 3.63) is 114 Å². The fourth-order valence-corrected chi connectivity index (χ4v) is 5.98. The molecule has 48 heavy (non-hydrogen) atoms. The van der Waals surface area contributed by atoms with Gasteiger partial charge in [0.15, 0.2) is 5.79 Å². The molecule has 0 bridgehead atoms. The Hall–Kier alpha value is -3.82. The van der Waals surface area contributed by atoms with Gasteiger partial charge in [0.1, 0.15) is 17.6 Å². The van der Waals surface area contributed by atoms with Gasteiger partial charge in [-0.3, -0.25) is 4.79 Å². The molecular weight excluding hydrogens is 608 g/mol. The zero-order chi connectivity index (χ0) is 34.7. The largest absolute Gasteiger partial charge is 0.497 e. The van der Waals surface area contributed by atoms with Crippen LogP contribution in [0.15, 0.2) is 97.1 Å². The molecule has 4 rings (SSSR count). The van der Waals surface area contributed by atoms with E-state index >= 15 is 0 Å². The number of Topliss-reactive ketones (excluding diaryl/α,β-unsaturated/α-hetero) is 1. The molecule has 1 saturated heterocycles. The first-order valence-electron chi connectivity index (χ1n) is 16.7. The summed E-state index contributed by atoms with van der Waals surface area (Å²) in [7, 11) is 1.64. The van der Waals surface area contributed by atoms with Gasteiger partial charge < -0.3 is 28.4 Å². The van der Waals surface area contributed by atoms with E-state index in [1.807, 2.05) is 88.4 Å². The summed E-state index contributed by atoms with van der Waals surface area (Å²) in [4.78, 5) is 27.2. The average Bonchev–Trinajstić information content (AvgIpc) is 3.10. The second-order valence-electron chi connectivity index (χ2n) is 13.0. The summed E-state index contributed by atoms with van der Waals surface area (Å²) in [5.74, 6) is -2.06. The van der Waals surface area contributed by atoms with Crippen LogP contribution >= 0.6 is 0 Å². The summed E-state index contributed by atoms with van der Waals surface area (Å²) < 4.78 is 36.1. The number of benzene rings is 3. The number of methoxy groups -OCH3 is 1. The maximum absolute atomic E-state index is 13.8. The van der Waals surface area contributed by atoms with Crippen molar-refractivity contribution in [1.29, 1.82) is 0 Å². The molecule has 8 heteroatoms. The zero-order valence-electron chi connectivity index (χ0n) is 29.1. The van der Waals surface area contributed by atoms with Crippen LogP contribution in [0.3, 0.4) is 0 Å². The summed E-state index contributed by atoms with van der Waals surface area (Å²) in [6, 6.07) is 26.3. The van der Waals surface area contributed by atoms with Crippen LogP contribution in [-0.2, 0) is 41.7 Å². The van der Waals surface area contributed by atoms with Crippen molar-refractivity contribution >= 4 is 11.8 Å². The summed E-state index contributed by atoms with van der Waals surface area (Å²) >= 11 is 0. The normalized spacial score (nSPS) is 20.7. The smallest absolute Gasteiger partial charge is 0.338 e. The van der Waals surface area contributed by atoms with E-state index in [4.69, 9.17) is 28.4 Å². The molecular formula is C40H50O8. The fourth-order valence-electron chi connectivity index (χ4n) is 5.98. The van der Waals surface area contributed by atoms with E-state index < -0.39 is 35.8 Å². The van der Waals surface area contributed by atoms with E-state index in [9.17, 15) is 9.59 Å². The van der Waals surface area contributed by atoms with E-state index in [1.54, 1.807) is 38.3 Å². The minimum Gasteiger partial charge on any atom is -0.497 e. The first kappa shape index (κ1) is 37.0. The molecule has 0 amide bonds. The van der Waals surface area contributed by atoms with Crippen molar-refractivity contribution in [1.82, 2.24) is 0 Å². The van der Waals surface area contributed by atoms with Gasteiger partial charge in [-0.15, -0.1) is 0 Å². The molecule has 8 nitrogen and oxygen atoms in total.